The summed E-state index contributed by atoms with van der Waals surface area (Å²) in [7, 11) is -4.01. The number of hydrogen-bond acceptors (Lipinski definition) is 5. The van der Waals surface area contributed by atoms with Gasteiger partial charge in [0.05, 0.1) is 17.2 Å². The minimum Gasteiger partial charge on any atom is -0.494 e. The van der Waals surface area contributed by atoms with Crippen LogP contribution in [0, 0.1) is 6.92 Å². The molecule has 0 heterocycles. The Labute approximate surface area is 204 Å². The van der Waals surface area contributed by atoms with Gasteiger partial charge in [-0.15, -0.1) is 11.8 Å². The Morgan fingerprint density at radius 3 is 2.30 bits per heavy atom. The van der Waals surface area contributed by atoms with Gasteiger partial charge in [0.15, 0.2) is 0 Å². The summed E-state index contributed by atoms with van der Waals surface area (Å²) in [6, 6.07) is 18.3. The lowest BCUT2D eigenvalue weighted by Crippen LogP contribution is -2.38. The van der Waals surface area contributed by atoms with Gasteiger partial charge < -0.3 is 10.1 Å². The monoisotopic (exact) mass is 504 g/mol. The van der Waals surface area contributed by atoms with Crippen molar-refractivity contribution in [3.63, 3.8) is 0 Å². The summed E-state index contributed by atoms with van der Waals surface area (Å²) in [5.74, 6) is 0.120. The molecule has 3 aromatic carbocycles. The number of carbonyl (C=O) groups is 1. The maximum absolute atomic E-state index is 13.5. The molecule has 0 atom stereocenters. The van der Waals surface area contributed by atoms with Crippen molar-refractivity contribution in [2.75, 3.05) is 29.0 Å². The first-order chi connectivity index (χ1) is 15.7. The molecule has 0 aliphatic heterocycles. The number of rotatable bonds is 9. The Kier molecular flexibility index (Phi) is 8.29. The second-order valence-electron chi connectivity index (χ2n) is 7.13. The first kappa shape index (κ1) is 25.0. The molecule has 0 bridgehead atoms. The van der Waals surface area contributed by atoms with Gasteiger partial charge >= 0.3 is 0 Å². The van der Waals surface area contributed by atoms with E-state index in [1.807, 2.05) is 20.1 Å². The molecule has 0 saturated heterocycles. The largest absolute Gasteiger partial charge is 0.494 e. The topological polar surface area (TPSA) is 75.7 Å². The number of nitrogens with zero attached hydrogens (tertiary/aromatic N) is 1. The fraction of sp³-hybridized carbons (Fsp3) is 0.208. The van der Waals surface area contributed by atoms with Crippen LogP contribution in [0.2, 0.25) is 5.02 Å². The fourth-order valence-corrected chi connectivity index (χ4v) is 5.08. The molecule has 0 fully saturated rings. The number of ether oxygens (including phenoxy) is 1. The molecule has 0 saturated carbocycles. The van der Waals surface area contributed by atoms with E-state index in [2.05, 4.69) is 5.32 Å². The number of nitrogens with one attached hydrogen (secondary N) is 1. The van der Waals surface area contributed by atoms with Gasteiger partial charge in [-0.05, 0) is 86.3 Å². The van der Waals surface area contributed by atoms with Crippen molar-refractivity contribution >= 4 is 50.7 Å². The zero-order valence-corrected chi connectivity index (χ0v) is 20.9. The lowest BCUT2D eigenvalue weighted by molar-refractivity contribution is -0.114. The lowest BCUT2D eigenvalue weighted by atomic mass is 10.2. The van der Waals surface area contributed by atoms with Crippen LogP contribution in [0.1, 0.15) is 12.5 Å². The van der Waals surface area contributed by atoms with Gasteiger partial charge in [0.2, 0.25) is 5.91 Å². The summed E-state index contributed by atoms with van der Waals surface area (Å²) in [6.07, 6.45) is 1.91. The molecule has 1 N–H and O–H groups in total. The highest BCUT2D eigenvalue weighted by Gasteiger charge is 2.27. The molecule has 9 heteroatoms. The van der Waals surface area contributed by atoms with Crippen molar-refractivity contribution < 1.29 is 17.9 Å². The van der Waals surface area contributed by atoms with Crippen LogP contribution in [0.4, 0.5) is 11.4 Å². The van der Waals surface area contributed by atoms with Gasteiger partial charge in [-0.3, -0.25) is 9.10 Å². The molecule has 0 spiro atoms. The molecular formula is C24H25ClN2O4S2. The van der Waals surface area contributed by atoms with E-state index in [9.17, 15) is 13.2 Å². The molecule has 3 rings (SSSR count). The van der Waals surface area contributed by atoms with Crippen LogP contribution >= 0.6 is 23.4 Å². The summed E-state index contributed by atoms with van der Waals surface area (Å²) in [4.78, 5) is 13.9. The summed E-state index contributed by atoms with van der Waals surface area (Å²) in [5, 5.41) is 3.24. The van der Waals surface area contributed by atoms with Crippen LogP contribution in [0.3, 0.4) is 0 Å². The Morgan fingerprint density at radius 1 is 1.06 bits per heavy atom. The van der Waals surface area contributed by atoms with E-state index in [4.69, 9.17) is 16.3 Å². The zero-order valence-electron chi connectivity index (χ0n) is 18.5. The van der Waals surface area contributed by atoms with E-state index >= 15 is 0 Å². The number of hydrogen-bond donors (Lipinski definition) is 1. The third-order valence-corrected chi connectivity index (χ3v) is 7.76. The SMILES string of the molecule is CCOc1ccc(N(CC(=O)Nc2ccc(C)c(Cl)c2)S(=O)(=O)c2ccc(SC)cc2)cc1. The third kappa shape index (κ3) is 6.22. The molecular weight excluding hydrogens is 480 g/mol. The average Bonchev–Trinajstić information content (AvgIpc) is 2.81. The van der Waals surface area contributed by atoms with Gasteiger partial charge in [-0.2, -0.15) is 0 Å². The Morgan fingerprint density at radius 2 is 1.73 bits per heavy atom. The second-order valence-corrected chi connectivity index (χ2v) is 10.3. The highest BCUT2D eigenvalue weighted by molar-refractivity contribution is 7.98. The summed E-state index contributed by atoms with van der Waals surface area (Å²) in [5.41, 5.74) is 1.72. The number of benzene rings is 3. The predicted molar refractivity (Wildman–Crippen MR) is 135 cm³/mol. The van der Waals surface area contributed by atoms with Gasteiger partial charge in [0, 0.05) is 15.6 Å². The van der Waals surface area contributed by atoms with Crippen molar-refractivity contribution in [3.05, 3.63) is 77.3 Å². The quantitative estimate of drug-likeness (QED) is 0.384. The average molecular weight is 505 g/mol. The van der Waals surface area contributed by atoms with Crippen LogP contribution in [0.5, 0.6) is 5.75 Å². The number of thioether (sulfide) groups is 1. The van der Waals surface area contributed by atoms with E-state index in [0.29, 0.717) is 28.8 Å². The Balaban J connectivity index is 1.93. The van der Waals surface area contributed by atoms with Crippen LogP contribution in [0.25, 0.3) is 0 Å². The summed E-state index contributed by atoms with van der Waals surface area (Å²) >= 11 is 7.66. The van der Waals surface area contributed by atoms with Crippen LogP contribution < -0.4 is 14.4 Å². The van der Waals surface area contributed by atoms with Gasteiger partial charge in [0.25, 0.3) is 10.0 Å². The molecule has 3 aromatic rings. The molecule has 1 amide bonds. The van der Waals surface area contributed by atoms with Crippen LogP contribution in [-0.4, -0.2) is 33.7 Å². The Bertz CT molecular complexity index is 1210. The first-order valence-corrected chi connectivity index (χ1v) is 13.2. The summed E-state index contributed by atoms with van der Waals surface area (Å²) in [6.45, 7) is 3.80. The summed E-state index contributed by atoms with van der Waals surface area (Å²) < 4.78 is 33.6. The molecule has 0 aliphatic rings. The van der Waals surface area contributed by atoms with Crippen molar-refractivity contribution in [3.8, 4) is 5.75 Å². The molecule has 0 radical (unpaired) electrons. The van der Waals surface area contributed by atoms with Crippen molar-refractivity contribution in [1.29, 1.82) is 0 Å². The smallest absolute Gasteiger partial charge is 0.264 e. The predicted octanol–water partition coefficient (Wildman–Crippen LogP) is 5.60. The standard InChI is InChI=1S/C24H25ClN2O4S2/c1-4-31-20-9-7-19(8-10-20)27(33(29,30)22-13-11-21(32-3)12-14-22)16-24(28)26-18-6-5-17(2)23(25)15-18/h5-15H,4,16H2,1-3H3,(H,26,28). The lowest BCUT2D eigenvalue weighted by Gasteiger charge is -2.24. The molecule has 6 nitrogen and oxygen atoms in total. The Hall–Kier alpha value is -2.68. The molecule has 174 valence electrons. The van der Waals surface area contributed by atoms with Gasteiger partial charge in [-0.1, -0.05) is 17.7 Å². The number of anilines is 2. The minimum atomic E-state index is -4.01. The maximum Gasteiger partial charge on any atom is 0.264 e. The highest BCUT2D eigenvalue weighted by atomic mass is 35.5. The van der Waals surface area contributed by atoms with Crippen LogP contribution in [0.15, 0.2) is 76.5 Å². The third-order valence-electron chi connectivity index (χ3n) is 4.83. The number of carbonyl (C=O) groups excluding carboxylic acids is 1. The van der Waals surface area contributed by atoms with Crippen molar-refractivity contribution in [1.82, 2.24) is 0 Å². The second kappa shape index (κ2) is 11.0. The van der Waals surface area contributed by atoms with Gasteiger partial charge in [-0.25, -0.2) is 8.42 Å². The van der Waals surface area contributed by atoms with E-state index in [0.717, 1.165) is 14.8 Å². The zero-order chi connectivity index (χ0) is 24.0. The van der Waals surface area contributed by atoms with Crippen molar-refractivity contribution in [2.45, 2.75) is 23.6 Å². The van der Waals surface area contributed by atoms with E-state index < -0.39 is 22.5 Å². The first-order valence-electron chi connectivity index (χ1n) is 10.2. The van der Waals surface area contributed by atoms with E-state index in [-0.39, 0.29) is 4.90 Å². The normalized spacial score (nSPS) is 11.2. The molecule has 33 heavy (non-hydrogen) atoms. The number of halogens is 1. The minimum absolute atomic E-state index is 0.0976. The number of aryl methyl sites for hydroxylation is 1. The fourth-order valence-electron chi connectivity index (χ4n) is 3.07. The van der Waals surface area contributed by atoms with E-state index in [1.165, 1.54) is 11.8 Å². The number of amides is 1. The molecule has 0 aliphatic carbocycles. The molecule has 0 aromatic heterocycles. The van der Waals surface area contributed by atoms with Crippen molar-refractivity contribution in [2.24, 2.45) is 0 Å². The van der Waals surface area contributed by atoms with Gasteiger partial charge in [0.1, 0.15) is 12.3 Å². The van der Waals surface area contributed by atoms with E-state index in [1.54, 1.807) is 66.7 Å². The van der Waals surface area contributed by atoms with Crippen LogP contribution in [-0.2, 0) is 14.8 Å². The highest BCUT2D eigenvalue weighted by Crippen LogP contribution is 2.27. The number of sulfonamides is 1. The maximum atomic E-state index is 13.5. The molecule has 0 unspecified atom stereocenters.